The van der Waals surface area contributed by atoms with Crippen LogP contribution in [0.5, 0.6) is 0 Å². The van der Waals surface area contributed by atoms with Crippen molar-refractivity contribution in [3.63, 3.8) is 0 Å². The molecule has 3 rings (SSSR count). The first-order valence-electron chi connectivity index (χ1n) is 7.57. The SMILES string of the molecule is Cc1cc(C(=O)N2CCCC[C@@H]2C(=O)O)ccc1-n1cncn1. The Kier molecular flexibility index (Phi) is 4.10. The number of carbonyl (C=O) groups is 2. The summed E-state index contributed by atoms with van der Waals surface area (Å²) >= 11 is 0. The molecule has 0 saturated carbocycles. The maximum atomic E-state index is 12.7. The predicted molar refractivity (Wildman–Crippen MR) is 82.4 cm³/mol. The molecule has 1 aliphatic rings. The highest BCUT2D eigenvalue weighted by atomic mass is 16.4. The molecule has 0 spiro atoms. The number of benzene rings is 1. The van der Waals surface area contributed by atoms with Crippen LogP contribution in [0.25, 0.3) is 5.69 Å². The summed E-state index contributed by atoms with van der Waals surface area (Å²) < 4.78 is 1.63. The molecule has 1 amide bonds. The van der Waals surface area contributed by atoms with E-state index in [4.69, 9.17) is 0 Å². The fraction of sp³-hybridized carbons (Fsp3) is 0.375. The molecule has 0 unspecified atom stereocenters. The number of amides is 1. The summed E-state index contributed by atoms with van der Waals surface area (Å²) in [6.45, 7) is 2.37. The Morgan fingerprint density at radius 2 is 2.13 bits per heavy atom. The van der Waals surface area contributed by atoms with Crippen molar-refractivity contribution in [1.82, 2.24) is 19.7 Å². The largest absolute Gasteiger partial charge is 0.480 e. The Morgan fingerprint density at radius 3 is 2.78 bits per heavy atom. The molecule has 0 aliphatic carbocycles. The third kappa shape index (κ3) is 2.94. The van der Waals surface area contributed by atoms with Crippen LogP contribution < -0.4 is 0 Å². The average molecular weight is 314 g/mol. The van der Waals surface area contributed by atoms with Crippen LogP contribution in [0.2, 0.25) is 0 Å². The minimum Gasteiger partial charge on any atom is -0.480 e. The number of rotatable bonds is 3. The molecule has 1 aliphatic heterocycles. The van der Waals surface area contributed by atoms with E-state index in [0.29, 0.717) is 18.5 Å². The summed E-state index contributed by atoms with van der Waals surface area (Å²) in [7, 11) is 0. The van der Waals surface area contributed by atoms with Gasteiger partial charge in [0.2, 0.25) is 0 Å². The first-order chi connectivity index (χ1) is 11.1. The molecule has 2 heterocycles. The van der Waals surface area contributed by atoms with E-state index in [2.05, 4.69) is 10.1 Å². The highest BCUT2D eigenvalue weighted by Gasteiger charge is 2.32. The van der Waals surface area contributed by atoms with Gasteiger partial charge in [0, 0.05) is 12.1 Å². The van der Waals surface area contributed by atoms with Crippen LogP contribution >= 0.6 is 0 Å². The van der Waals surface area contributed by atoms with E-state index in [1.807, 2.05) is 6.92 Å². The third-order valence-electron chi connectivity index (χ3n) is 4.16. The van der Waals surface area contributed by atoms with Crippen LogP contribution in [0.4, 0.5) is 0 Å². The van der Waals surface area contributed by atoms with Gasteiger partial charge in [-0.15, -0.1) is 0 Å². The van der Waals surface area contributed by atoms with Crippen molar-refractivity contribution in [1.29, 1.82) is 0 Å². The van der Waals surface area contributed by atoms with Crippen molar-refractivity contribution in [2.24, 2.45) is 0 Å². The van der Waals surface area contributed by atoms with Gasteiger partial charge in [-0.1, -0.05) is 0 Å². The van der Waals surface area contributed by atoms with E-state index >= 15 is 0 Å². The lowest BCUT2D eigenvalue weighted by Crippen LogP contribution is -2.48. The Morgan fingerprint density at radius 1 is 1.30 bits per heavy atom. The normalized spacial score (nSPS) is 18.0. The molecule has 1 aromatic heterocycles. The summed E-state index contributed by atoms with van der Waals surface area (Å²) in [6.07, 6.45) is 5.23. The molecule has 2 aromatic rings. The molecule has 1 N–H and O–H groups in total. The first-order valence-corrected chi connectivity index (χ1v) is 7.57. The van der Waals surface area contributed by atoms with Gasteiger partial charge in [0.15, 0.2) is 0 Å². The van der Waals surface area contributed by atoms with E-state index in [9.17, 15) is 14.7 Å². The summed E-state index contributed by atoms with van der Waals surface area (Å²) in [5, 5.41) is 13.4. The first kappa shape index (κ1) is 15.2. The van der Waals surface area contributed by atoms with Crippen molar-refractivity contribution in [2.75, 3.05) is 6.54 Å². The van der Waals surface area contributed by atoms with Crippen LogP contribution in [-0.4, -0.2) is 49.2 Å². The summed E-state index contributed by atoms with van der Waals surface area (Å²) in [4.78, 5) is 29.4. The van der Waals surface area contributed by atoms with E-state index in [-0.39, 0.29) is 5.91 Å². The average Bonchev–Trinajstić information content (AvgIpc) is 3.08. The minimum atomic E-state index is -0.936. The van der Waals surface area contributed by atoms with Gasteiger partial charge >= 0.3 is 5.97 Å². The van der Waals surface area contributed by atoms with Crippen LogP contribution in [0, 0.1) is 6.92 Å². The molecule has 0 bridgehead atoms. The van der Waals surface area contributed by atoms with Crippen molar-refractivity contribution >= 4 is 11.9 Å². The Bertz CT molecular complexity index is 727. The number of carbonyl (C=O) groups excluding carboxylic acids is 1. The van der Waals surface area contributed by atoms with Crippen molar-refractivity contribution < 1.29 is 14.7 Å². The Hall–Kier alpha value is -2.70. The maximum Gasteiger partial charge on any atom is 0.326 e. The molecule has 23 heavy (non-hydrogen) atoms. The highest BCUT2D eigenvalue weighted by molar-refractivity contribution is 5.97. The molecular weight excluding hydrogens is 296 g/mol. The second-order valence-electron chi connectivity index (χ2n) is 5.69. The van der Waals surface area contributed by atoms with Gasteiger partial charge in [-0.3, -0.25) is 4.79 Å². The van der Waals surface area contributed by atoms with Gasteiger partial charge in [-0.2, -0.15) is 5.10 Å². The monoisotopic (exact) mass is 314 g/mol. The summed E-state index contributed by atoms with van der Waals surface area (Å²) in [5.41, 5.74) is 2.22. The number of carboxylic acids is 1. The van der Waals surface area contributed by atoms with E-state index in [1.165, 1.54) is 11.2 Å². The van der Waals surface area contributed by atoms with Crippen LogP contribution in [0.1, 0.15) is 35.2 Å². The number of aryl methyl sites for hydroxylation is 1. The second kappa shape index (κ2) is 6.20. The second-order valence-corrected chi connectivity index (χ2v) is 5.69. The smallest absolute Gasteiger partial charge is 0.326 e. The zero-order valence-electron chi connectivity index (χ0n) is 12.8. The number of hydrogen-bond acceptors (Lipinski definition) is 4. The lowest BCUT2D eigenvalue weighted by atomic mass is 10.00. The van der Waals surface area contributed by atoms with Crippen molar-refractivity contribution in [3.05, 3.63) is 42.0 Å². The molecular formula is C16H18N4O3. The topological polar surface area (TPSA) is 88.3 Å². The van der Waals surface area contributed by atoms with Gasteiger partial charge in [-0.25, -0.2) is 14.5 Å². The number of aromatic nitrogens is 3. The Balaban J connectivity index is 1.87. The standard InChI is InChI=1S/C16H18N4O3/c1-11-8-12(5-6-13(11)20-10-17-9-18-20)15(21)19-7-3-2-4-14(19)16(22)23/h5-6,8-10,14H,2-4,7H2,1H3,(H,22,23)/t14-/m1/s1. The number of piperidine rings is 1. The number of aliphatic carboxylic acids is 1. The lowest BCUT2D eigenvalue weighted by Gasteiger charge is -2.33. The zero-order chi connectivity index (χ0) is 16.4. The number of nitrogens with zero attached hydrogens (tertiary/aromatic N) is 4. The van der Waals surface area contributed by atoms with Crippen LogP contribution in [0.15, 0.2) is 30.9 Å². The van der Waals surface area contributed by atoms with Crippen LogP contribution in [0.3, 0.4) is 0 Å². The molecule has 1 atom stereocenters. The van der Waals surface area contributed by atoms with Crippen molar-refractivity contribution in [2.45, 2.75) is 32.2 Å². The number of carboxylic acid groups (broad SMARTS) is 1. The summed E-state index contributed by atoms with van der Waals surface area (Å²) in [6, 6.07) is 4.55. The highest BCUT2D eigenvalue weighted by Crippen LogP contribution is 2.22. The molecule has 7 nitrogen and oxygen atoms in total. The van der Waals surface area contributed by atoms with E-state index < -0.39 is 12.0 Å². The van der Waals surface area contributed by atoms with Gasteiger partial charge in [-0.05, 0) is 49.9 Å². The molecule has 0 radical (unpaired) electrons. The molecule has 120 valence electrons. The number of likely N-dealkylation sites (tertiary alicyclic amines) is 1. The maximum absolute atomic E-state index is 12.7. The fourth-order valence-electron chi connectivity index (χ4n) is 2.98. The minimum absolute atomic E-state index is 0.231. The van der Waals surface area contributed by atoms with Gasteiger partial charge in [0.25, 0.3) is 5.91 Å². The molecule has 1 aromatic carbocycles. The molecule has 1 fully saturated rings. The molecule has 1 saturated heterocycles. The van der Waals surface area contributed by atoms with E-state index in [1.54, 1.807) is 29.2 Å². The van der Waals surface area contributed by atoms with Gasteiger partial charge in [0.05, 0.1) is 5.69 Å². The molecule has 7 heteroatoms. The lowest BCUT2D eigenvalue weighted by molar-refractivity contribution is -0.143. The van der Waals surface area contributed by atoms with Crippen LogP contribution in [-0.2, 0) is 4.79 Å². The number of hydrogen-bond donors (Lipinski definition) is 1. The fourth-order valence-corrected chi connectivity index (χ4v) is 2.98. The van der Waals surface area contributed by atoms with Gasteiger partial charge < -0.3 is 10.0 Å². The van der Waals surface area contributed by atoms with Crippen molar-refractivity contribution in [3.8, 4) is 5.69 Å². The quantitative estimate of drug-likeness (QED) is 0.930. The predicted octanol–water partition coefficient (Wildman–Crippen LogP) is 1.66. The Labute approximate surface area is 133 Å². The summed E-state index contributed by atoms with van der Waals surface area (Å²) in [5.74, 6) is -1.17. The van der Waals surface area contributed by atoms with E-state index in [0.717, 1.165) is 24.1 Å². The third-order valence-corrected chi connectivity index (χ3v) is 4.16. The van der Waals surface area contributed by atoms with Gasteiger partial charge in [0.1, 0.15) is 18.7 Å². The zero-order valence-corrected chi connectivity index (χ0v) is 12.8.